The van der Waals surface area contributed by atoms with Crippen LogP contribution in [0.2, 0.25) is 0 Å². The minimum absolute atomic E-state index is 0.00231. The molecule has 0 spiro atoms. The number of hydrogen-bond donors (Lipinski definition) is 1. The Labute approximate surface area is 136 Å². The Bertz CT molecular complexity index is 740. The van der Waals surface area contributed by atoms with Crippen LogP contribution >= 0.6 is 0 Å². The fraction of sp³-hybridized carbons (Fsp3) is 0.316. The van der Waals surface area contributed by atoms with Gasteiger partial charge in [0, 0.05) is 23.5 Å². The lowest BCUT2D eigenvalue weighted by molar-refractivity contribution is 0.0984. The lowest BCUT2D eigenvalue weighted by Gasteiger charge is -2.30. The normalized spacial score (nSPS) is 13.6. The minimum atomic E-state index is -0.00231. The third-order valence-electron chi connectivity index (χ3n) is 4.27. The van der Waals surface area contributed by atoms with E-state index < -0.39 is 0 Å². The lowest BCUT2D eigenvalue weighted by atomic mass is 9.99. The van der Waals surface area contributed by atoms with Gasteiger partial charge in [0.05, 0.1) is 6.61 Å². The Morgan fingerprint density at radius 2 is 2.13 bits per heavy atom. The Morgan fingerprint density at radius 3 is 2.91 bits per heavy atom. The lowest BCUT2D eigenvalue weighted by Crippen LogP contribution is -2.35. The molecule has 2 aromatic carbocycles. The number of carbonyl (C=O) groups excluding carboxylic acids is 1. The van der Waals surface area contributed by atoms with Crippen LogP contribution in [0.15, 0.2) is 36.4 Å². The summed E-state index contributed by atoms with van der Waals surface area (Å²) in [4.78, 5) is 14.8. The summed E-state index contributed by atoms with van der Waals surface area (Å²) >= 11 is 0. The van der Waals surface area contributed by atoms with E-state index in [1.54, 1.807) is 0 Å². The highest BCUT2D eigenvalue weighted by Gasteiger charge is 2.25. The summed E-state index contributed by atoms with van der Waals surface area (Å²) in [7, 11) is 0. The number of nitrogens with two attached hydrogens (primary N) is 1. The highest BCUT2D eigenvalue weighted by Crippen LogP contribution is 2.32. The highest BCUT2D eigenvalue weighted by molar-refractivity contribution is 6.07. The molecule has 4 heteroatoms. The van der Waals surface area contributed by atoms with E-state index in [2.05, 4.69) is 0 Å². The highest BCUT2D eigenvalue weighted by atomic mass is 16.5. The average Bonchev–Trinajstić information content (AvgIpc) is 2.56. The number of fused-ring (bicyclic) bond motifs is 1. The van der Waals surface area contributed by atoms with Gasteiger partial charge in [0.25, 0.3) is 5.91 Å². The molecule has 1 aliphatic rings. The zero-order chi connectivity index (χ0) is 16.4. The monoisotopic (exact) mass is 310 g/mol. The first kappa shape index (κ1) is 15.4. The van der Waals surface area contributed by atoms with Gasteiger partial charge in [-0.1, -0.05) is 12.1 Å². The van der Waals surface area contributed by atoms with Crippen molar-refractivity contribution >= 4 is 17.3 Å². The van der Waals surface area contributed by atoms with Gasteiger partial charge in [0.2, 0.25) is 0 Å². The predicted octanol–water partition coefficient (Wildman–Crippen LogP) is 3.57. The van der Waals surface area contributed by atoms with E-state index in [0.717, 1.165) is 41.1 Å². The smallest absolute Gasteiger partial charge is 0.258 e. The van der Waals surface area contributed by atoms with E-state index in [4.69, 9.17) is 10.5 Å². The Kier molecular flexibility index (Phi) is 4.24. The average molecular weight is 310 g/mol. The van der Waals surface area contributed by atoms with Crippen molar-refractivity contribution in [3.05, 3.63) is 53.1 Å². The van der Waals surface area contributed by atoms with Gasteiger partial charge in [0.15, 0.2) is 0 Å². The summed E-state index contributed by atoms with van der Waals surface area (Å²) in [6, 6.07) is 11.4. The van der Waals surface area contributed by atoms with Gasteiger partial charge in [-0.3, -0.25) is 4.79 Å². The standard InChI is InChI=1S/C19H22N2O2/c1-3-23-18-12-14(10-9-13(18)2)19(22)21-11-5-6-15-16(20)7-4-8-17(15)21/h4,7-10,12H,3,5-6,11,20H2,1-2H3. The van der Waals surface area contributed by atoms with Gasteiger partial charge in [-0.25, -0.2) is 0 Å². The first-order valence-electron chi connectivity index (χ1n) is 8.04. The molecule has 0 fully saturated rings. The number of ether oxygens (including phenoxy) is 1. The molecule has 0 bridgehead atoms. The second-order valence-electron chi connectivity index (χ2n) is 5.82. The van der Waals surface area contributed by atoms with Gasteiger partial charge in [-0.15, -0.1) is 0 Å². The van der Waals surface area contributed by atoms with Gasteiger partial charge >= 0.3 is 0 Å². The molecule has 1 aliphatic heterocycles. The Morgan fingerprint density at radius 1 is 1.30 bits per heavy atom. The Balaban J connectivity index is 1.96. The molecule has 4 nitrogen and oxygen atoms in total. The summed E-state index contributed by atoms with van der Waals surface area (Å²) in [5, 5.41) is 0. The number of rotatable bonds is 3. The van der Waals surface area contributed by atoms with Crippen molar-refractivity contribution in [1.82, 2.24) is 0 Å². The molecule has 0 unspecified atom stereocenters. The zero-order valence-corrected chi connectivity index (χ0v) is 13.6. The number of nitrogen functional groups attached to an aromatic ring is 1. The number of benzene rings is 2. The van der Waals surface area contributed by atoms with Crippen molar-refractivity contribution in [1.29, 1.82) is 0 Å². The van der Waals surface area contributed by atoms with Crippen LogP contribution in [0.25, 0.3) is 0 Å². The number of amides is 1. The molecular weight excluding hydrogens is 288 g/mol. The third kappa shape index (κ3) is 2.89. The van der Waals surface area contributed by atoms with Crippen molar-refractivity contribution in [2.24, 2.45) is 0 Å². The van der Waals surface area contributed by atoms with Crippen molar-refractivity contribution in [2.45, 2.75) is 26.7 Å². The molecule has 0 saturated heterocycles. The van der Waals surface area contributed by atoms with Crippen LogP contribution in [0.3, 0.4) is 0 Å². The van der Waals surface area contributed by atoms with Crippen molar-refractivity contribution < 1.29 is 9.53 Å². The summed E-state index contributed by atoms with van der Waals surface area (Å²) in [5.74, 6) is 0.765. The summed E-state index contributed by atoms with van der Waals surface area (Å²) in [5.41, 5.74) is 10.5. The first-order valence-corrected chi connectivity index (χ1v) is 8.04. The maximum atomic E-state index is 13.0. The van der Waals surface area contributed by atoms with Gasteiger partial charge in [-0.05, 0) is 62.1 Å². The van der Waals surface area contributed by atoms with Crippen LogP contribution in [0.5, 0.6) is 5.75 Å². The molecule has 2 aromatic rings. The predicted molar refractivity (Wildman–Crippen MR) is 93.2 cm³/mol. The van der Waals surface area contributed by atoms with Crippen molar-refractivity contribution in [3.8, 4) is 5.75 Å². The van der Waals surface area contributed by atoms with E-state index in [1.165, 1.54) is 0 Å². The van der Waals surface area contributed by atoms with Crippen molar-refractivity contribution in [3.63, 3.8) is 0 Å². The van der Waals surface area contributed by atoms with E-state index in [0.29, 0.717) is 18.7 Å². The quantitative estimate of drug-likeness (QED) is 0.882. The first-order chi connectivity index (χ1) is 11.1. The van der Waals surface area contributed by atoms with Crippen LogP contribution in [0.4, 0.5) is 11.4 Å². The summed E-state index contributed by atoms with van der Waals surface area (Å²) < 4.78 is 5.61. The topological polar surface area (TPSA) is 55.6 Å². The Hall–Kier alpha value is -2.49. The van der Waals surface area contributed by atoms with E-state index in [1.807, 2.05) is 55.1 Å². The number of carbonyl (C=O) groups is 1. The number of anilines is 2. The van der Waals surface area contributed by atoms with E-state index >= 15 is 0 Å². The van der Waals surface area contributed by atoms with Crippen LogP contribution in [-0.4, -0.2) is 19.1 Å². The van der Waals surface area contributed by atoms with Gasteiger partial charge in [-0.2, -0.15) is 0 Å². The second-order valence-corrected chi connectivity index (χ2v) is 5.82. The van der Waals surface area contributed by atoms with Crippen LogP contribution < -0.4 is 15.4 Å². The molecule has 23 heavy (non-hydrogen) atoms. The van der Waals surface area contributed by atoms with Crippen LogP contribution in [0, 0.1) is 6.92 Å². The van der Waals surface area contributed by atoms with Gasteiger partial charge in [0.1, 0.15) is 5.75 Å². The fourth-order valence-corrected chi connectivity index (χ4v) is 3.06. The maximum absolute atomic E-state index is 13.0. The minimum Gasteiger partial charge on any atom is -0.494 e. The molecule has 1 heterocycles. The fourth-order valence-electron chi connectivity index (χ4n) is 3.06. The molecule has 120 valence electrons. The molecule has 1 amide bonds. The zero-order valence-electron chi connectivity index (χ0n) is 13.6. The SMILES string of the molecule is CCOc1cc(C(=O)N2CCCc3c(N)cccc32)ccc1C. The van der Waals surface area contributed by atoms with E-state index in [-0.39, 0.29) is 5.91 Å². The number of hydrogen-bond acceptors (Lipinski definition) is 3. The molecule has 0 atom stereocenters. The van der Waals surface area contributed by atoms with Gasteiger partial charge < -0.3 is 15.4 Å². The molecule has 3 rings (SSSR count). The van der Waals surface area contributed by atoms with Crippen LogP contribution in [-0.2, 0) is 6.42 Å². The molecule has 0 aromatic heterocycles. The number of nitrogens with zero attached hydrogens (tertiary/aromatic N) is 1. The maximum Gasteiger partial charge on any atom is 0.258 e. The van der Waals surface area contributed by atoms with Crippen molar-refractivity contribution in [2.75, 3.05) is 23.8 Å². The molecule has 0 radical (unpaired) electrons. The third-order valence-corrected chi connectivity index (χ3v) is 4.27. The molecule has 2 N–H and O–H groups in total. The summed E-state index contributed by atoms with van der Waals surface area (Å²) in [6.07, 6.45) is 1.85. The van der Waals surface area contributed by atoms with Crippen LogP contribution in [0.1, 0.15) is 34.8 Å². The second kappa shape index (κ2) is 6.32. The van der Waals surface area contributed by atoms with E-state index in [9.17, 15) is 4.79 Å². The number of aryl methyl sites for hydroxylation is 1. The molecular formula is C19H22N2O2. The molecule has 0 aliphatic carbocycles. The largest absolute Gasteiger partial charge is 0.494 e. The summed E-state index contributed by atoms with van der Waals surface area (Å²) in [6.45, 7) is 5.22. The molecule has 0 saturated carbocycles.